The molecule has 9 heteroatoms. The molecule has 0 bridgehead atoms. The van der Waals surface area contributed by atoms with Gasteiger partial charge in [0.2, 0.25) is 0 Å². The van der Waals surface area contributed by atoms with Crippen LogP contribution in [0, 0.1) is 55.4 Å². The standard InChI is InChI=1S/C56H42N2O.C44H34N2O.C40H26N2O/c1-31-22-33(3)51(34(4)23-31)40-18-20-43-47(28-40)48-29-41(52-35(5)24-32(2)25-36(52)6)19-21-44(48)55-54(43)57-30-49(58-55)39-14-11-13-37(26-39)46-27-38-12-7-8-15-42(38)53-45-16-9-10-17-50(45)59-56(46)53;1-25(2)27-16-18-33-34-19-17-28(26(3)4)22-38(34)43-42(37(33)21-27)45-24-39(46-43)31-12-9-11-29(20-31)36-23-30-10-5-6-13-32(30)41-35-14-7-8-15-40(35)47-44(36)41;1-23-14-16-29-30-17-15-24(2)19-34(30)39-38(33(29)18-23)41-22-35(42-39)27-10-7-9-25(20-27)32-21-26-8-3-4-11-28(26)37-31-12-5-6-13-36(31)43-40(32)37/h7-30H,1-6H3;5-26H,1-4H3;3-22H,1-2H3. The lowest BCUT2D eigenvalue weighted by atomic mass is 9.88. The van der Waals surface area contributed by atoms with Crippen LogP contribution in [0.3, 0.4) is 0 Å². The van der Waals surface area contributed by atoms with Gasteiger partial charge in [0, 0.05) is 98.0 Å². The van der Waals surface area contributed by atoms with Gasteiger partial charge in [-0.25, -0.2) is 15.0 Å². The Hall–Kier alpha value is -18.2. The maximum atomic E-state index is 6.63. The van der Waals surface area contributed by atoms with Gasteiger partial charge in [-0.1, -0.05) is 329 Å². The summed E-state index contributed by atoms with van der Waals surface area (Å²) in [5, 5.41) is 28.0. The van der Waals surface area contributed by atoms with Crippen LogP contribution in [0.2, 0.25) is 0 Å². The zero-order valence-electron chi connectivity index (χ0n) is 85.0. The molecule has 0 unspecified atom stereocenters. The van der Waals surface area contributed by atoms with Crippen molar-refractivity contribution in [3.05, 3.63) is 444 Å². The summed E-state index contributed by atoms with van der Waals surface area (Å²) in [7, 11) is 0. The zero-order chi connectivity index (χ0) is 101. The molecular formula is C140H102N6O3. The van der Waals surface area contributed by atoms with E-state index in [0.717, 1.165) is 198 Å². The van der Waals surface area contributed by atoms with Crippen molar-refractivity contribution in [2.24, 2.45) is 0 Å². The Balaban J connectivity index is 0.000000112. The molecule has 29 aromatic rings. The highest BCUT2D eigenvalue weighted by Gasteiger charge is 2.27. The quantitative estimate of drug-likeness (QED) is 0.123. The van der Waals surface area contributed by atoms with Gasteiger partial charge in [-0.05, 0) is 295 Å². The van der Waals surface area contributed by atoms with E-state index in [-0.39, 0.29) is 0 Å². The fraction of sp³-hybridized carbons (Fsp3) is 0.100. The summed E-state index contributed by atoms with van der Waals surface area (Å²) in [5.74, 6) is 0.843. The van der Waals surface area contributed by atoms with Gasteiger partial charge < -0.3 is 13.3 Å². The van der Waals surface area contributed by atoms with E-state index >= 15 is 0 Å². The van der Waals surface area contributed by atoms with E-state index in [4.69, 9.17) is 43.2 Å². The monoisotopic (exact) mass is 1910 g/mol. The van der Waals surface area contributed by atoms with Crippen LogP contribution in [-0.4, -0.2) is 29.9 Å². The van der Waals surface area contributed by atoms with Crippen LogP contribution in [0.1, 0.15) is 95.2 Å². The summed E-state index contributed by atoms with van der Waals surface area (Å²) >= 11 is 0. The van der Waals surface area contributed by atoms with Crippen LogP contribution >= 0.6 is 0 Å². The summed E-state index contributed by atoms with van der Waals surface area (Å²) in [6.45, 7) is 26.5. The first-order chi connectivity index (χ1) is 72.8. The van der Waals surface area contributed by atoms with Gasteiger partial charge in [0.15, 0.2) is 0 Å². The summed E-state index contributed by atoms with van der Waals surface area (Å²) in [6.07, 6.45) is 5.81. The largest absolute Gasteiger partial charge is 0.455 e. The highest BCUT2D eigenvalue weighted by atomic mass is 16.3. The summed E-state index contributed by atoms with van der Waals surface area (Å²) in [4.78, 5) is 31.6. The number of aromatic nitrogens is 6. The molecule has 0 saturated heterocycles. The number of rotatable bonds is 10. The van der Waals surface area contributed by atoms with E-state index in [1.54, 1.807) is 0 Å². The molecule has 0 spiro atoms. The zero-order valence-corrected chi connectivity index (χ0v) is 85.0. The van der Waals surface area contributed by atoms with Crippen molar-refractivity contribution in [3.63, 3.8) is 0 Å². The van der Waals surface area contributed by atoms with Gasteiger partial charge in [-0.3, -0.25) is 15.0 Å². The number of furan rings is 3. The maximum Gasteiger partial charge on any atom is 0.143 e. The van der Waals surface area contributed by atoms with Gasteiger partial charge in [0.25, 0.3) is 0 Å². The molecule has 6 aromatic heterocycles. The van der Waals surface area contributed by atoms with E-state index in [1.807, 2.05) is 42.9 Å². The second-order valence-electron chi connectivity index (χ2n) is 41.5. The van der Waals surface area contributed by atoms with E-state index in [1.165, 1.54) is 143 Å². The normalized spacial score (nSPS) is 12.0. The molecule has 149 heavy (non-hydrogen) atoms. The van der Waals surface area contributed by atoms with Crippen molar-refractivity contribution in [2.45, 2.75) is 94.9 Å². The average Bonchev–Trinajstić information content (AvgIpc) is 0.949. The number of para-hydroxylation sites is 3. The number of fused-ring (bicyclic) bond motifs is 33. The van der Waals surface area contributed by atoms with Gasteiger partial charge in [0.05, 0.1) is 68.8 Å². The molecule has 29 rings (SSSR count). The smallest absolute Gasteiger partial charge is 0.143 e. The molecule has 0 aliphatic heterocycles. The second kappa shape index (κ2) is 35.4. The molecule has 0 N–H and O–H groups in total. The third-order valence-corrected chi connectivity index (χ3v) is 31.0. The Bertz CT molecular complexity index is 10700. The number of benzene rings is 23. The Kier molecular flexibility index (Phi) is 21.3. The van der Waals surface area contributed by atoms with E-state index in [2.05, 4.69) is 429 Å². The Labute approximate surface area is 861 Å². The predicted molar refractivity (Wildman–Crippen MR) is 628 cm³/mol. The molecule has 6 heterocycles. The fourth-order valence-electron chi connectivity index (χ4n) is 24.1. The Morgan fingerprint density at radius 1 is 0.195 bits per heavy atom. The molecule has 0 radical (unpaired) electrons. The molecule has 9 nitrogen and oxygen atoms in total. The van der Waals surface area contributed by atoms with Crippen molar-refractivity contribution < 1.29 is 13.3 Å². The molecule has 0 aliphatic rings. The topological polar surface area (TPSA) is 117 Å². The molecule has 23 aromatic carbocycles. The number of nitrogens with zero attached hydrogens (tertiary/aromatic N) is 6. The molecular weight excluding hydrogens is 1810 g/mol. The Morgan fingerprint density at radius 2 is 0.483 bits per heavy atom. The number of hydrogen-bond acceptors (Lipinski definition) is 9. The third-order valence-electron chi connectivity index (χ3n) is 31.0. The van der Waals surface area contributed by atoms with Crippen molar-refractivity contribution in [2.75, 3.05) is 0 Å². The van der Waals surface area contributed by atoms with E-state index in [0.29, 0.717) is 11.8 Å². The van der Waals surface area contributed by atoms with Gasteiger partial charge in [-0.15, -0.1) is 0 Å². The van der Waals surface area contributed by atoms with Crippen LogP contribution < -0.4 is 0 Å². The highest BCUT2D eigenvalue weighted by molar-refractivity contribution is 6.30. The van der Waals surface area contributed by atoms with Crippen LogP contribution in [0.15, 0.2) is 402 Å². The summed E-state index contributed by atoms with van der Waals surface area (Å²) < 4.78 is 19.7. The molecule has 0 atom stereocenters. The third kappa shape index (κ3) is 15.1. The molecule has 0 aliphatic carbocycles. The molecule has 710 valence electrons. The summed E-state index contributed by atoms with van der Waals surface area (Å²) in [6, 6.07) is 133. The van der Waals surface area contributed by atoms with Crippen LogP contribution in [0.25, 0.3) is 285 Å². The van der Waals surface area contributed by atoms with Crippen molar-refractivity contribution in [3.8, 4) is 89.4 Å². The lowest BCUT2D eigenvalue weighted by molar-refractivity contribution is 0.670. The minimum atomic E-state index is 0.415. The SMILES string of the molecule is CC(C)c1ccc2c3ccc(C(C)C)cc3c3nc(-c4cccc(-c5cc6ccccc6c6c5oc5ccccc56)c4)cnc3c2c1.Cc1cc(C)c(-c2ccc3c(c2)c2cc(-c4c(C)cc(C)cc4C)ccc2c2nc(-c4cccc(-c5cc6ccccc6c6c5oc5ccccc56)c4)cnc32)c(C)c1.Cc1ccc2c3ccc(C)cc3c3nc(-c4cccc(-c5cc6ccccc6c6c5oc5ccccc56)c4)cnc3c2c1. The van der Waals surface area contributed by atoms with Crippen molar-refractivity contribution in [1.82, 2.24) is 29.9 Å². The van der Waals surface area contributed by atoms with Crippen LogP contribution in [0.5, 0.6) is 0 Å². The minimum absolute atomic E-state index is 0.415. The first kappa shape index (κ1) is 89.7. The lowest BCUT2D eigenvalue weighted by Crippen LogP contribution is -1.95. The summed E-state index contributed by atoms with van der Waals surface area (Å²) in [5.41, 5.74) is 40.8. The molecule has 0 saturated carbocycles. The Morgan fingerprint density at radius 3 is 0.846 bits per heavy atom. The second-order valence-corrected chi connectivity index (χ2v) is 41.5. The van der Waals surface area contributed by atoms with Crippen molar-refractivity contribution in [1.29, 1.82) is 0 Å². The van der Waals surface area contributed by atoms with E-state index < -0.39 is 0 Å². The molecule has 0 fully saturated rings. The predicted octanol–water partition coefficient (Wildman–Crippen LogP) is 39.0. The van der Waals surface area contributed by atoms with Gasteiger partial charge in [-0.2, -0.15) is 0 Å². The van der Waals surface area contributed by atoms with Crippen LogP contribution in [0.4, 0.5) is 0 Å². The lowest BCUT2D eigenvalue weighted by Gasteiger charge is -2.17. The average molecular weight is 1920 g/mol. The van der Waals surface area contributed by atoms with Gasteiger partial charge in [0.1, 0.15) is 33.5 Å². The number of hydrogen-bond donors (Lipinski definition) is 0. The highest BCUT2D eigenvalue weighted by Crippen LogP contribution is 2.50. The fourth-order valence-corrected chi connectivity index (χ4v) is 24.1. The first-order valence-corrected chi connectivity index (χ1v) is 51.7. The maximum absolute atomic E-state index is 6.63. The molecule has 0 amide bonds. The van der Waals surface area contributed by atoms with Crippen molar-refractivity contribution >= 4 is 196 Å². The van der Waals surface area contributed by atoms with E-state index in [9.17, 15) is 0 Å². The first-order valence-electron chi connectivity index (χ1n) is 51.7. The minimum Gasteiger partial charge on any atom is -0.455 e. The van der Waals surface area contributed by atoms with Gasteiger partial charge >= 0.3 is 0 Å². The number of aryl methyl sites for hydroxylation is 8. The van der Waals surface area contributed by atoms with Crippen LogP contribution in [-0.2, 0) is 0 Å².